The van der Waals surface area contributed by atoms with Crippen molar-refractivity contribution < 1.29 is 0 Å². The largest absolute Gasteiger partial charge is 0.341 e. The van der Waals surface area contributed by atoms with E-state index in [0.29, 0.717) is 5.92 Å². The Hall–Kier alpha value is -1.16. The summed E-state index contributed by atoms with van der Waals surface area (Å²) in [5.74, 6) is 2.38. The van der Waals surface area contributed by atoms with Crippen LogP contribution in [-0.2, 0) is 6.54 Å². The van der Waals surface area contributed by atoms with Gasteiger partial charge >= 0.3 is 0 Å². The zero-order valence-corrected chi connectivity index (χ0v) is 13.1. The number of nitrogens with one attached hydrogen (secondary N) is 1. The molecule has 1 saturated heterocycles. The molecule has 20 heavy (non-hydrogen) atoms. The summed E-state index contributed by atoms with van der Waals surface area (Å²) in [7, 11) is 0. The van der Waals surface area contributed by atoms with Crippen molar-refractivity contribution in [3.63, 3.8) is 0 Å². The molecule has 0 spiro atoms. The molecule has 0 aromatic carbocycles. The summed E-state index contributed by atoms with van der Waals surface area (Å²) in [4.78, 5) is 11.4. The van der Waals surface area contributed by atoms with Crippen LogP contribution in [0.25, 0.3) is 0 Å². The molecule has 1 unspecified atom stereocenters. The number of piperidine rings is 1. The summed E-state index contributed by atoms with van der Waals surface area (Å²) < 4.78 is 0. The lowest BCUT2D eigenvalue weighted by molar-refractivity contribution is 0.401. The van der Waals surface area contributed by atoms with Crippen molar-refractivity contribution in [2.75, 3.05) is 24.5 Å². The Kier molecular flexibility index (Phi) is 5.77. The van der Waals surface area contributed by atoms with Gasteiger partial charge in [0.15, 0.2) is 0 Å². The molecule has 1 fully saturated rings. The third-order valence-electron chi connectivity index (χ3n) is 3.95. The van der Waals surface area contributed by atoms with E-state index in [-0.39, 0.29) is 0 Å². The van der Waals surface area contributed by atoms with E-state index in [4.69, 9.17) is 0 Å². The molecule has 1 atom stereocenters. The van der Waals surface area contributed by atoms with E-state index < -0.39 is 0 Å². The quantitative estimate of drug-likeness (QED) is 0.867. The van der Waals surface area contributed by atoms with Crippen LogP contribution in [0.2, 0.25) is 0 Å². The van der Waals surface area contributed by atoms with Gasteiger partial charge in [-0.1, -0.05) is 27.2 Å². The molecule has 1 aromatic rings. The third kappa shape index (κ3) is 4.44. The SMILES string of the molecule is CCC1CCCN(c2ncc(CNCC(C)C)cn2)C1. The molecule has 1 aliphatic rings. The fraction of sp³-hybridized carbons (Fsp3) is 0.750. The molecule has 2 heterocycles. The topological polar surface area (TPSA) is 41.1 Å². The zero-order chi connectivity index (χ0) is 14.4. The van der Waals surface area contributed by atoms with Gasteiger partial charge in [0, 0.05) is 37.6 Å². The van der Waals surface area contributed by atoms with Gasteiger partial charge in [-0.3, -0.25) is 0 Å². The first kappa shape index (κ1) is 15.2. The van der Waals surface area contributed by atoms with Crippen molar-refractivity contribution in [3.8, 4) is 0 Å². The first-order valence-electron chi connectivity index (χ1n) is 7.95. The van der Waals surface area contributed by atoms with E-state index in [1.165, 1.54) is 24.8 Å². The summed E-state index contributed by atoms with van der Waals surface area (Å²) in [5.41, 5.74) is 1.17. The molecular weight excluding hydrogens is 248 g/mol. The zero-order valence-electron chi connectivity index (χ0n) is 13.1. The molecule has 4 nitrogen and oxygen atoms in total. The molecular formula is C16H28N4. The van der Waals surface area contributed by atoms with Gasteiger partial charge in [-0.2, -0.15) is 0 Å². The Labute approximate surface area is 123 Å². The maximum atomic E-state index is 4.54. The second-order valence-electron chi connectivity index (χ2n) is 6.28. The molecule has 0 radical (unpaired) electrons. The van der Waals surface area contributed by atoms with Gasteiger partial charge in [0.2, 0.25) is 5.95 Å². The first-order valence-corrected chi connectivity index (χ1v) is 7.95. The van der Waals surface area contributed by atoms with Gasteiger partial charge in [-0.25, -0.2) is 9.97 Å². The van der Waals surface area contributed by atoms with E-state index in [0.717, 1.165) is 38.0 Å². The first-order chi connectivity index (χ1) is 9.69. The number of aromatic nitrogens is 2. The van der Waals surface area contributed by atoms with E-state index in [1.807, 2.05) is 12.4 Å². The molecule has 1 aliphatic heterocycles. The second-order valence-corrected chi connectivity index (χ2v) is 6.28. The van der Waals surface area contributed by atoms with Crippen LogP contribution in [0, 0.1) is 11.8 Å². The Balaban J connectivity index is 1.87. The summed E-state index contributed by atoms with van der Waals surface area (Å²) in [5, 5.41) is 3.42. The molecule has 112 valence electrons. The van der Waals surface area contributed by atoms with Crippen LogP contribution in [0.1, 0.15) is 45.6 Å². The van der Waals surface area contributed by atoms with Gasteiger partial charge < -0.3 is 10.2 Å². The van der Waals surface area contributed by atoms with Crippen molar-refractivity contribution >= 4 is 5.95 Å². The fourth-order valence-corrected chi connectivity index (χ4v) is 2.69. The Morgan fingerprint density at radius 1 is 1.35 bits per heavy atom. The average Bonchev–Trinajstić information content (AvgIpc) is 2.48. The van der Waals surface area contributed by atoms with Crippen LogP contribution in [0.5, 0.6) is 0 Å². The maximum Gasteiger partial charge on any atom is 0.225 e. The lowest BCUT2D eigenvalue weighted by Crippen LogP contribution is -2.36. The molecule has 1 aromatic heterocycles. The highest BCUT2D eigenvalue weighted by molar-refractivity contribution is 5.30. The minimum atomic E-state index is 0.675. The number of hydrogen-bond acceptors (Lipinski definition) is 4. The highest BCUT2D eigenvalue weighted by atomic mass is 15.2. The van der Waals surface area contributed by atoms with E-state index >= 15 is 0 Å². The van der Waals surface area contributed by atoms with Crippen LogP contribution in [0.3, 0.4) is 0 Å². The Bertz CT molecular complexity index is 388. The second kappa shape index (κ2) is 7.58. The van der Waals surface area contributed by atoms with Crippen LogP contribution in [0.15, 0.2) is 12.4 Å². The molecule has 2 rings (SSSR count). The smallest absolute Gasteiger partial charge is 0.225 e. The molecule has 0 saturated carbocycles. The van der Waals surface area contributed by atoms with Crippen molar-refractivity contribution in [1.82, 2.24) is 15.3 Å². The summed E-state index contributed by atoms with van der Waals surface area (Å²) in [6, 6.07) is 0. The van der Waals surface area contributed by atoms with Gasteiger partial charge in [0.05, 0.1) is 0 Å². The normalized spacial score (nSPS) is 19.6. The third-order valence-corrected chi connectivity index (χ3v) is 3.95. The Morgan fingerprint density at radius 3 is 2.75 bits per heavy atom. The standard InChI is InChI=1S/C16H28N4/c1-4-14-6-5-7-20(12-14)16-18-10-15(11-19-16)9-17-8-13(2)3/h10-11,13-14,17H,4-9,12H2,1-3H3. The monoisotopic (exact) mass is 276 g/mol. The lowest BCUT2D eigenvalue weighted by atomic mass is 9.96. The van der Waals surface area contributed by atoms with Gasteiger partial charge in [0.25, 0.3) is 0 Å². The van der Waals surface area contributed by atoms with Crippen LogP contribution in [0.4, 0.5) is 5.95 Å². The van der Waals surface area contributed by atoms with Gasteiger partial charge in [-0.05, 0) is 31.2 Å². The van der Waals surface area contributed by atoms with Crippen molar-refractivity contribution in [1.29, 1.82) is 0 Å². The highest BCUT2D eigenvalue weighted by Gasteiger charge is 2.20. The highest BCUT2D eigenvalue weighted by Crippen LogP contribution is 2.22. The van der Waals surface area contributed by atoms with Crippen LogP contribution in [-0.4, -0.2) is 29.6 Å². The molecule has 0 bridgehead atoms. The number of anilines is 1. The number of rotatable bonds is 6. The van der Waals surface area contributed by atoms with Gasteiger partial charge in [-0.15, -0.1) is 0 Å². The van der Waals surface area contributed by atoms with Gasteiger partial charge in [0.1, 0.15) is 0 Å². The van der Waals surface area contributed by atoms with E-state index in [9.17, 15) is 0 Å². The number of hydrogen-bond donors (Lipinski definition) is 1. The van der Waals surface area contributed by atoms with E-state index in [1.54, 1.807) is 0 Å². The molecule has 4 heteroatoms. The minimum absolute atomic E-state index is 0.675. The summed E-state index contributed by atoms with van der Waals surface area (Å²) in [6.45, 7) is 10.8. The molecule has 0 aliphatic carbocycles. The van der Waals surface area contributed by atoms with Crippen molar-refractivity contribution in [2.45, 2.75) is 46.6 Å². The van der Waals surface area contributed by atoms with E-state index in [2.05, 4.69) is 41.0 Å². The predicted octanol–water partition coefficient (Wildman–Crippen LogP) is 2.85. The minimum Gasteiger partial charge on any atom is -0.341 e. The molecule has 1 N–H and O–H groups in total. The van der Waals surface area contributed by atoms with Crippen molar-refractivity contribution in [3.05, 3.63) is 18.0 Å². The Morgan fingerprint density at radius 2 is 2.10 bits per heavy atom. The summed E-state index contributed by atoms with van der Waals surface area (Å²) in [6.07, 6.45) is 7.80. The fourth-order valence-electron chi connectivity index (χ4n) is 2.69. The maximum absolute atomic E-state index is 4.54. The van der Waals surface area contributed by atoms with Crippen LogP contribution >= 0.6 is 0 Å². The molecule has 0 amide bonds. The predicted molar refractivity (Wildman–Crippen MR) is 83.8 cm³/mol. The van der Waals surface area contributed by atoms with Crippen molar-refractivity contribution in [2.24, 2.45) is 11.8 Å². The number of nitrogens with zero attached hydrogens (tertiary/aromatic N) is 3. The van der Waals surface area contributed by atoms with Crippen LogP contribution < -0.4 is 10.2 Å². The average molecular weight is 276 g/mol. The summed E-state index contributed by atoms with van der Waals surface area (Å²) >= 11 is 0. The lowest BCUT2D eigenvalue weighted by Gasteiger charge is -2.32.